The summed E-state index contributed by atoms with van der Waals surface area (Å²) < 4.78 is 17.7. The van der Waals surface area contributed by atoms with Gasteiger partial charge in [-0.15, -0.1) is 0 Å². The van der Waals surface area contributed by atoms with Crippen LogP contribution in [0.3, 0.4) is 0 Å². The van der Waals surface area contributed by atoms with Gasteiger partial charge in [-0.1, -0.05) is 118 Å². The predicted molar refractivity (Wildman–Crippen MR) is 341 cm³/mol. The zero-order valence-corrected chi connectivity index (χ0v) is 55.1. The summed E-state index contributed by atoms with van der Waals surface area (Å²) in [6.45, 7) is 16.9. The van der Waals surface area contributed by atoms with Crippen LogP contribution in [0.4, 0.5) is 15.3 Å². The van der Waals surface area contributed by atoms with E-state index < -0.39 is 132 Å². The van der Waals surface area contributed by atoms with Crippen LogP contribution in [0.5, 0.6) is 0 Å². The lowest BCUT2D eigenvalue weighted by Crippen LogP contribution is -2.60. The number of primary amides is 1. The third-order valence-corrected chi connectivity index (χ3v) is 16.7. The van der Waals surface area contributed by atoms with Gasteiger partial charge in [0.05, 0.1) is 42.7 Å². The van der Waals surface area contributed by atoms with Crippen LogP contribution < -0.4 is 49.1 Å². The normalized spacial score (nSPS) is 16.8. The summed E-state index contributed by atoms with van der Waals surface area (Å²) in [4.78, 5) is 139. The van der Waals surface area contributed by atoms with Crippen molar-refractivity contribution in [3.63, 3.8) is 0 Å². The van der Waals surface area contributed by atoms with Gasteiger partial charge in [-0.2, -0.15) is 0 Å². The maximum atomic E-state index is 14.8. The molecule has 12 unspecified atom stereocenters. The Hall–Kier alpha value is -7.42. The summed E-state index contributed by atoms with van der Waals surface area (Å²) in [5, 5.41) is 26.3. The predicted octanol–water partition coefficient (Wildman–Crippen LogP) is 3.62. The molecule has 26 heteroatoms. The molecule has 0 bridgehead atoms. The monoisotopic (exact) mass is 1260 g/mol. The van der Waals surface area contributed by atoms with E-state index in [-0.39, 0.29) is 56.6 Å². The minimum absolute atomic E-state index is 0.0791. The third-order valence-electron chi connectivity index (χ3n) is 16.7. The molecule has 1 aliphatic rings. The average Bonchev–Trinajstić information content (AvgIpc) is 1.52. The van der Waals surface area contributed by atoms with Gasteiger partial charge in [-0.25, -0.2) is 14.4 Å². The summed E-state index contributed by atoms with van der Waals surface area (Å²) in [7, 11) is 5.98. The largest absolute Gasteiger partial charge is 0.480 e. The molecule has 2 aromatic carbocycles. The number of aliphatic carboxylic acids is 1. The SMILES string of the molecule is CCC(C)C(C(CC(=O)N1CCCC1C(OC)C(C)C(=O)NC(Cc1ccccc1)C(=O)O)OC)N(C)C(=O)C(NC(=O)C(C(C)C)N(C)C(=O)OCc1ccc(NC(=O)C(CCCNC(N)=O)NC(=O)C(NC(=O)C(N)CCCCN)C(C)C)cc1)C(C)C. The standard InChI is InChI=1S/C64H104N12O14/c1-14-40(8)54(49(88-12)35-50(77)76-33-21-26-48(76)55(89-13)41(9)56(78)71-47(62(84)85)34-42-22-16-15-17-23-42)74(10)61(83)52(38(4)5)73-60(82)53(39(6)7)75(11)64(87)90-36-43-27-29-44(30-28-43)69-58(80)46(25-20-32-68-63(67)86)70-59(81)51(37(2)3)72-57(79)45(66)24-18-19-31-65/h15-17,22-23,27-30,37-41,45-49,51-55H,14,18-21,24-26,31-36,65-66H2,1-13H3,(H,69,80)(H,70,81)(H,71,78)(H,72,79)(H,73,82)(H,84,85)(H3,67,68,86). The molecular weight excluding hydrogens is 1160 g/mol. The fourth-order valence-electron chi connectivity index (χ4n) is 11.3. The van der Waals surface area contributed by atoms with Crippen molar-refractivity contribution in [1.29, 1.82) is 0 Å². The Morgan fingerprint density at radius 2 is 1.32 bits per heavy atom. The summed E-state index contributed by atoms with van der Waals surface area (Å²) in [5.74, 6) is -7.02. The quantitative estimate of drug-likeness (QED) is 0.0429. The molecule has 504 valence electrons. The van der Waals surface area contributed by atoms with Crippen molar-refractivity contribution < 1.29 is 67.3 Å². The van der Waals surface area contributed by atoms with Crippen molar-refractivity contribution in [2.24, 2.45) is 46.8 Å². The summed E-state index contributed by atoms with van der Waals surface area (Å²) in [6.07, 6.45) is 1.36. The van der Waals surface area contributed by atoms with E-state index in [2.05, 4.69) is 31.9 Å². The number of likely N-dealkylation sites (N-methyl/N-ethyl adjacent to an activating group) is 2. The Morgan fingerprint density at radius 1 is 0.700 bits per heavy atom. The van der Waals surface area contributed by atoms with Crippen molar-refractivity contribution in [2.75, 3.05) is 53.3 Å². The topological polar surface area (TPSA) is 379 Å². The summed E-state index contributed by atoms with van der Waals surface area (Å²) in [5.41, 5.74) is 18.5. The number of likely N-dealkylation sites (tertiary alicyclic amines) is 1. The average molecular weight is 1270 g/mol. The number of carboxylic acid groups (broad SMARTS) is 1. The summed E-state index contributed by atoms with van der Waals surface area (Å²) in [6, 6.07) is 7.10. The van der Waals surface area contributed by atoms with Crippen LogP contribution in [0.15, 0.2) is 54.6 Å². The van der Waals surface area contributed by atoms with Crippen LogP contribution in [-0.2, 0) is 65.6 Å². The Labute approximate surface area is 531 Å². The van der Waals surface area contributed by atoms with Crippen LogP contribution in [-0.4, -0.2) is 188 Å². The number of anilines is 1. The number of amides is 10. The van der Waals surface area contributed by atoms with E-state index in [4.69, 9.17) is 31.4 Å². The number of hydrogen-bond acceptors (Lipinski definition) is 15. The number of hydrogen-bond donors (Lipinski definition) is 10. The number of nitrogens with zero attached hydrogens (tertiary/aromatic N) is 3. The molecule has 12 atom stereocenters. The van der Waals surface area contributed by atoms with E-state index >= 15 is 0 Å². The molecular formula is C64H104N12O14. The highest BCUT2D eigenvalue weighted by Gasteiger charge is 2.44. The highest BCUT2D eigenvalue weighted by atomic mass is 16.6. The van der Waals surface area contributed by atoms with Gasteiger partial charge in [0.2, 0.25) is 41.4 Å². The smallest absolute Gasteiger partial charge is 0.410 e. The van der Waals surface area contributed by atoms with Gasteiger partial charge in [-0.3, -0.25) is 38.5 Å². The second-order valence-electron chi connectivity index (χ2n) is 24.6. The lowest BCUT2D eigenvalue weighted by molar-refractivity contribution is -0.148. The number of ether oxygens (including phenoxy) is 3. The minimum atomic E-state index is -1.19. The maximum absolute atomic E-state index is 14.8. The second kappa shape index (κ2) is 38.3. The van der Waals surface area contributed by atoms with Gasteiger partial charge in [0, 0.05) is 53.5 Å². The fourth-order valence-corrected chi connectivity index (χ4v) is 11.3. The third kappa shape index (κ3) is 23.4. The van der Waals surface area contributed by atoms with E-state index in [0.29, 0.717) is 62.9 Å². The van der Waals surface area contributed by atoms with Gasteiger partial charge < -0.3 is 78.2 Å². The molecule has 1 fully saturated rings. The van der Waals surface area contributed by atoms with Crippen LogP contribution in [0.1, 0.15) is 131 Å². The van der Waals surface area contributed by atoms with Crippen LogP contribution >= 0.6 is 0 Å². The number of carbonyl (C=O) groups excluding carboxylic acids is 9. The maximum Gasteiger partial charge on any atom is 0.410 e. The first-order chi connectivity index (χ1) is 42.5. The molecule has 13 N–H and O–H groups in total. The molecule has 0 aromatic heterocycles. The first-order valence-corrected chi connectivity index (χ1v) is 31.4. The molecule has 0 spiro atoms. The number of benzene rings is 2. The molecule has 0 aliphatic carbocycles. The Balaban J connectivity index is 1.72. The number of carbonyl (C=O) groups is 10. The highest BCUT2D eigenvalue weighted by Crippen LogP contribution is 2.30. The zero-order chi connectivity index (χ0) is 67.5. The van der Waals surface area contributed by atoms with Crippen molar-refractivity contribution >= 4 is 65.1 Å². The van der Waals surface area contributed by atoms with E-state index in [0.717, 1.165) is 5.56 Å². The van der Waals surface area contributed by atoms with Gasteiger partial charge in [0.15, 0.2) is 0 Å². The van der Waals surface area contributed by atoms with Crippen molar-refractivity contribution in [2.45, 2.75) is 194 Å². The lowest BCUT2D eigenvalue weighted by atomic mass is 9.89. The zero-order valence-electron chi connectivity index (χ0n) is 55.1. The van der Waals surface area contributed by atoms with Gasteiger partial charge in [0.1, 0.15) is 36.8 Å². The van der Waals surface area contributed by atoms with E-state index in [1.165, 1.54) is 31.1 Å². The van der Waals surface area contributed by atoms with Crippen molar-refractivity contribution in [3.8, 4) is 0 Å². The molecule has 0 saturated carbocycles. The highest BCUT2D eigenvalue weighted by molar-refractivity contribution is 5.99. The fraction of sp³-hybridized carbons (Fsp3) is 0.656. The molecule has 1 saturated heterocycles. The number of methoxy groups -OCH3 is 2. The second-order valence-corrected chi connectivity index (χ2v) is 24.6. The van der Waals surface area contributed by atoms with Gasteiger partial charge in [-0.05, 0) is 92.0 Å². The number of urea groups is 1. The molecule has 10 amide bonds. The van der Waals surface area contributed by atoms with Crippen molar-refractivity contribution in [3.05, 3.63) is 65.7 Å². The molecule has 90 heavy (non-hydrogen) atoms. The molecule has 0 radical (unpaired) electrons. The number of nitrogens with one attached hydrogen (secondary N) is 6. The molecule has 26 nitrogen and oxygen atoms in total. The first-order valence-electron chi connectivity index (χ1n) is 31.4. The van der Waals surface area contributed by atoms with Crippen LogP contribution in [0, 0.1) is 29.6 Å². The Bertz CT molecular complexity index is 2650. The first kappa shape index (κ1) is 76.8. The van der Waals surface area contributed by atoms with Gasteiger partial charge in [0.25, 0.3) is 0 Å². The van der Waals surface area contributed by atoms with E-state index in [1.54, 1.807) is 109 Å². The van der Waals surface area contributed by atoms with Crippen molar-refractivity contribution in [1.82, 2.24) is 41.3 Å². The molecule has 2 aromatic rings. The molecule has 3 rings (SSSR count). The number of unbranched alkanes of at least 4 members (excludes halogenated alkanes) is 1. The number of nitrogens with two attached hydrogens (primary N) is 3. The van der Waals surface area contributed by atoms with Crippen LogP contribution in [0.2, 0.25) is 0 Å². The number of rotatable bonds is 38. The Kier molecular flexibility index (Phi) is 32.7. The molecule has 1 heterocycles. The lowest BCUT2D eigenvalue weighted by Gasteiger charge is -2.41. The summed E-state index contributed by atoms with van der Waals surface area (Å²) >= 11 is 0. The van der Waals surface area contributed by atoms with Crippen LogP contribution in [0.25, 0.3) is 0 Å². The number of carboxylic acids is 1. The van der Waals surface area contributed by atoms with E-state index in [1.807, 2.05) is 19.9 Å². The van der Waals surface area contributed by atoms with E-state index in [9.17, 15) is 53.1 Å². The Morgan fingerprint density at radius 3 is 1.88 bits per heavy atom. The van der Waals surface area contributed by atoms with Gasteiger partial charge >= 0.3 is 18.1 Å². The minimum Gasteiger partial charge on any atom is -0.480 e. The molecule has 1 aliphatic heterocycles.